The fourth-order valence-electron chi connectivity index (χ4n) is 5.69. The molecule has 4 aromatic rings. The minimum absolute atomic E-state index is 0.378. The molecule has 0 saturated carbocycles. The number of carboxylic acid groups (broad SMARTS) is 1. The van der Waals surface area contributed by atoms with Crippen molar-refractivity contribution in [3.05, 3.63) is 82.4 Å². The lowest BCUT2D eigenvalue weighted by Crippen LogP contribution is -2.31. The van der Waals surface area contributed by atoms with Crippen LogP contribution in [-0.2, 0) is 17.8 Å². The predicted molar refractivity (Wildman–Crippen MR) is 137 cm³/mol. The van der Waals surface area contributed by atoms with Crippen LogP contribution < -0.4 is 5.56 Å². The molecule has 8 heteroatoms. The van der Waals surface area contributed by atoms with Crippen molar-refractivity contribution >= 4 is 16.9 Å². The van der Waals surface area contributed by atoms with Gasteiger partial charge in [0.05, 0.1) is 29.3 Å². The number of fused-ring (bicyclic) bond motifs is 2. The largest absolute Gasteiger partial charge is 0.479 e. The van der Waals surface area contributed by atoms with Crippen molar-refractivity contribution in [2.24, 2.45) is 0 Å². The average Bonchev–Trinajstić information content (AvgIpc) is 3.51. The number of aryl methyl sites for hydroxylation is 1. The number of carbonyl (C=O) groups is 1. The molecule has 0 aliphatic carbocycles. The van der Waals surface area contributed by atoms with E-state index in [1.54, 1.807) is 6.33 Å². The third kappa shape index (κ3) is 3.91. The number of piperidine rings is 1. The number of aliphatic carboxylic acids is 1. The maximum atomic E-state index is 13.6. The standard InChI is InChI=1S/C28H29N5O3/c1-31-13-10-20(11-14-31)18-4-6-19(7-5-18)21-8-9-23-22(15-21)27(34)33(17-29-23)26(28(35)36)25-24-3-2-12-32(24)16-30-25/h4-9,15-17,20,26H,2-3,10-14H2,1H3,(H,35,36). The third-order valence-electron chi connectivity index (χ3n) is 7.78. The molecule has 184 valence electrons. The fraction of sp³-hybridized carbons (Fsp3) is 0.357. The summed E-state index contributed by atoms with van der Waals surface area (Å²) in [5, 5.41) is 10.5. The Labute approximate surface area is 208 Å². The van der Waals surface area contributed by atoms with E-state index in [2.05, 4.69) is 46.2 Å². The normalized spacial score (nSPS) is 17.4. The maximum Gasteiger partial charge on any atom is 0.333 e. The summed E-state index contributed by atoms with van der Waals surface area (Å²) in [7, 11) is 2.17. The number of aromatic nitrogens is 4. The van der Waals surface area contributed by atoms with E-state index in [1.807, 2.05) is 22.8 Å². The van der Waals surface area contributed by atoms with E-state index in [9.17, 15) is 14.7 Å². The van der Waals surface area contributed by atoms with Gasteiger partial charge < -0.3 is 14.6 Å². The molecule has 4 heterocycles. The molecule has 2 aliphatic heterocycles. The predicted octanol–water partition coefficient (Wildman–Crippen LogP) is 3.69. The molecule has 1 saturated heterocycles. The first-order valence-corrected chi connectivity index (χ1v) is 12.6. The van der Waals surface area contributed by atoms with Gasteiger partial charge >= 0.3 is 5.97 Å². The Morgan fingerprint density at radius 1 is 1.00 bits per heavy atom. The molecular formula is C28H29N5O3. The van der Waals surface area contributed by atoms with E-state index >= 15 is 0 Å². The molecule has 0 bridgehead atoms. The highest BCUT2D eigenvalue weighted by molar-refractivity contribution is 5.84. The summed E-state index contributed by atoms with van der Waals surface area (Å²) in [5.41, 5.74) is 4.75. The topological polar surface area (TPSA) is 93.2 Å². The van der Waals surface area contributed by atoms with Crippen LogP contribution in [0.2, 0.25) is 0 Å². The summed E-state index contributed by atoms with van der Waals surface area (Å²) in [5.74, 6) is -0.534. The first-order chi connectivity index (χ1) is 17.5. The van der Waals surface area contributed by atoms with Crippen LogP contribution in [0.15, 0.2) is 59.9 Å². The van der Waals surface area contributed by atoms with Crippen molar-refractivity contribution < 1.29 is 9.90 Å². The molecule has 1 N–H and O–H groups in total. The Kier molecular flexibility index (Phi) is 5.68. The van der Waals surface area contributed by atoms with Crippen LogP contribution in [0.3, 0.4) is 0 Å². The molecule has 0 radical (unpaired) electrons. The zero-order chi connectivity index (χ0) is 24.8. The van der Waals surface area contributed by atoms with Gasteiger partial charge in [0, 0.05) is 12.2 Å². The highest BCUT2D eigenvalue weighted by atomic mass is 16.4. The highest BCUT2D eigenvalue weighted by Gasteiger charge is 2.31. The summed E-state index contributed by atoms with van der Waals surface area (Å²) in [6.07, 6.45) is 7.04. The second-order valence-electron chi connectivity index (χ2n) is 10.0. The molecule has 8 nitrogen and oxygen atoms in total. The number of hydrogen-bond donors (Lipinski definition) is 1. The molecular weight excluding hydrogens is 454 g/mol. The van der Waals surface area contributed by atoms with E-state index in [0.29, 0.717) is 22.5 Å². The molecule has 1 unspecified atom stereocenters. The number of hydrogen-bond acceptors (Lipinski definition) is 5. The lowest BCUT2D eigenvalue weighted by molar-refractivity contribution is -0.139. The summed E-state index contributed by atoms with van der Waals surface area (Å²) < 4.78 is 3.18. The van der Waals surface area contributed by atoms with Crippen LogP contribution in [0.25, 0.3) is 22.0 Å². The van der Waals surface area contributed by atoms with Gasteiger partial charge in [0.1, 0.15) is 0 Å². The van der Waals surface area contributed by atoms with Crippen LogP contribution in [0, 0.1) is 0 Å². The second kappa shape index (κ2) is 9.02. The van der Waals surface area contributed by atoms with E-state index in [4.69, 9.17) is 0 Å². The Morgan fingerprint density at radius 3 is 2.50 bits per heavy atom. The van der Waals surface area contributed by atoms with Crippen LogP contribution in [0.1, 0.15) is 48.2 Å². The van der Waals surface area contributed by atoms with E-state index in [0.717, 1.165) is 49.3 Å². The van der Waals surface area contributed by atoms with Gasteiger partial charge in [-0.15, -0.1) is 0 Å². The number of nitrogens with zero attached hydrogens (tertiary/aromatic N) is 5. The Balaban J connectivity index is 1.36. The monoisotopic (exact) mass is 483 g/mol. The van der Waals surface area contributed by atoms with Crippen LogP contribution in [0.5, 0.6) is 0 Å². The van der Waals surface area contributed by atoms with Gasteiger partial charge in [-0.05, 0) is 80.6 Å². The molecule has 2 aromatic heterocycles. The highest BCUT2D eigenvalue weighted by Crippen LogP contribution is 2.30. The molecule has 1 fully saturated rings. The van der Waals surface area contributed by atoms with Crippen LogP contribution in [0.4, 0.5) is 0 Å². The van der Waals surface area contributed by atoms with Gasteiger partial charge in [0.25, 0.3) is 5.56 Å². The van der Waals surface area contributed by atoms with Crippen molar-refractivity contribution in [3.8, 4) is 11.1 Å². The lowest BCUT2D eigenvalue weighted by atomic mass is 9.88. The lowest BCUT2D eigenvalue weighted by Gasteiger charge is -2.29. The van der Waals surface area contributed by atoms with Gasteiger partial charge in [0.15, 0.2) is 6.04 Å². The number of likely N-dealkylation sites (tertiary alicyclic amines) is 1. The Hall–Kier alpha value is -3.78. The zero-order valence-electron chi connectivity index (χ0n) is 20.3. The number of imidazole rings is 1. The maximum absolute atomic E-state index is 13.6. The molecule has 0 amide bonds. The quantitative estimate of drug-likeness (QED) is 0.465. The van der Waals surface area contributed by atoms with Gasteiger partial charge in [-0.25, -0.2) is 14.8 Å². The van der Waals surface area contributed by atoms with Gasteiger partial charge in [-0.2, -0.15) is 0 Å². The SMILES string of the molecule is CN1CCC(c2ccc(-c3ccc4ncn(C(C(=O)O)c5ncn6c5CCC6)c(=O)c4c3)cc2)CC1. The number of carboxylic acids is 1. The number of rotatable bonds is 5. The summed E-state index contributed by atoms with van der Waals surface area (Å²) >= 11 is 0. The molecule has 2 aromatic carbocycles. The summed E-state index contributed by atoms with van der Waals surface area (Å²) in [6.45, 7) is 3.06. The average molecular weight is 484 g/mol. The fourth-order valence-corrected chi connectivity index (χ4v) is 5.69. The summed E-state index contributed by atoms with van der Waals surface area (Å²) in [6, 6.07) is 13.0. The van der Waals surface area contributed by atoms with Crippen molar-refractivity contribution in [2.75, 3.05) is 20.1 Å². The minimum Gasteiger partial charge on any atom is -0.479 e. The summed E-state index contributed by atoms with van der Waals surface area (Å²) in [4.78, 5) is 37.0. The van der Waals surface area contributed by atoms with E-state index < -0.39 is 12.0 Å². The zero-order valence-corrected chi connectivity index (χ0v) is 20.3. The molecule has 0 spiro atoms. The van der Waals surface area contributed by atoms with Crippen molar-refractivity contribution in [1.82, 2.24) is 24.0 Å². The van der Waals surface area contributed by atoms with Gasteiger partial charge in [-0.1, -0.05) is 30.3 Å². The first kappa shape index (κ1) is 22.7. The van der Waals surface area contributed by atoms with Crippen molar-refractivity contribution in [3.63, 3.8) is 0 Å². The van der Waals surface area contributed by atoms with Crippen LogP contribution >= 0.6 is 0 Å². The number of benzene rings is 2. The third-order valence-corrected chi connectivity index (χ3v) is 7.78. The van der Waals surface area contributed by atoms with E-state index in [1.165, 1.54) is 29.3 Å². The molecule has 2 aliphatic rings. The molecule has 36 heavy (non-hydrogen) atoms. The van der Waals surface area contributed by atoms with Crippen molar-refractivity contribution in [1.29, 1.82) is 0 Å². The van der Waals surface area contributed by atoms with Gasteiger partial charge in [0.2, 0.25) is 0 Å². The van der Waals surface area contributed by atoms with Crippen molar-refractivity contribution in [2.45, 2.75) is 44.2 Å². The Morgan fingerprint density at radius 2 is 1.75 bits per heavy atom. The first-order valence-electron chi connectivity index (χ1n) is 12.6. The second-order valence-corrected chi connectivity index (χ2v) is 10.0. The van der Waals surface area contributed by atoms with E-state index in [-0.39, 0.29) is 5.56 Å². The van der Waals surface area contributed by atoms with Gasteiger partial charge in [-0.3, -0.25) is 9.36 Å². The molecule has 6 rings (SSSR count). The van der Waals surface area contributed by atoms with Crippen LogP contribution in [-0.4, -0.2) is 55.2 Å². The smallest absolute Gasteiger partial charge is 0.333 e. The minimum atomic E-state index is -1.21. The molecule has 1 atom stereocenters. The Bertz CT molecular complexity index is 1500.